The number of carbonyl (C=O) groups is 2. The number of carbonyl (C=O) groups excluding carboxylic acids is 2. The topological polar surface area (TPSA) is 84.2 Å². The molecule has 136 valence electrons. The third-order valence-corrected chi connectivity index (χ3v) is 5.25. The van der Waals surface area contributed by atoms with Gasteiger partial charge in [-0.2, -0.15) is 0 Å². The maximum Gasteiger partial charge on any atom is 0.256 e. The van der Waals surface area contributed by atoms with E-state index in [-0.39, 0.29) is 16.4 Å². The van der Waals surface area contributed by atoms with E-state index >= 15 is 0 Å². The van der Waals surface area contributed by atoms with E-state index in [1.54, 1.807) is 30.5 Å². The Kier molecular flexibility index (Phi) is 4.64. The van der Waals surface area contributed by atoms with Crippen LogP contribution in [-0.4, -0.2) is 23.3 Å². The molecule has 0 atom stereocenters. The molecule has 0 bridgehead atoms. The average Bonchev–Trinajstić information content (AvgIpc) is 3.12. The Morgan fingerprint density at radius 1 is 1.30 bits per heavy atom. The molecule has 1 aliphatic rings. The van der Waals surface area contributed by atoms with Gasteiger partial charge in [-0.25, -0.2) is 9.37 Å². The summed E-state index contributed by atoms with van der Waals surface area (Å²) in [5, 5.41) is 5.54. The van der Waals surface area contributed by atoms with Crippen molar-refractivity contribution in [1.29, 1.82) is 0 Å². The van der Waals surface area contributed by atoms with Gasteiger partial charge < -0.3 is 15.1 Å². The molecule has 6 nitrogen and oxygen atoms in total. The lowest BCUT2D eigenvalue weighted by molar-refractivity contribution is 0.0952. The number of fused-ring (bicyclic) bond motifs is 2. The Bertz CT molecular complexity index is 1020. The van der Waals surface area contributed by atoms with Crippen molar-refractivity contribution in [3.63, 3.8) is 0 Å². The quantitative estimate of drug-likeness (QED) is 0.720. The molecule has 1 aromatic heterocycles. The molecule has 2 heterocycles. The van der Waals surface area contributed by atoms with E-state index in [9.17, 15) is 14.0 Å². The first-order valence-corrected chi connectivity index (χ1v) is 9.01. The van der Waals surface area contributed by atoms with E-state index in [0.717, 1.165) is 11.8 Å². The van der Waals surface area contributed by atoms with Crippen molar-refractivity contribution in [2.75, 3.05) is 11.9 Å². The first-order valence-electron chi connectivity index (χ1n) is 8.19. The maximum atomic E-state index is 14.1. The SMILES string of the molecule is O=C(NCCc1cnco1)c1ccc2c(c1)NC(=O)c1cccc(F)c1S2. The number of rotatable bonds is 4. The van der Waals surface area contributed by atoms with Gasteiger partial charge in [-0.1, -0.05) is 17.8 Å². The predicted octanol–water partition coefficient (Wildman–Crippen LogP) is 3.50. The molecule has 8 heteroatoms. The van der Waals surface area contributed by atoms with E-state index < -0.39 is 11.7 Å². The van der Waals surface area contributed by atoms with Crippen molar-refractivity contribution in [3.8, 4) is 0 Å². The van der Waals surface area contributed by atoms with Crippen LogP contribution in [0.5, 0.6) is 0 Å². The van der Waals surface area contributed by atoms with Gasteiger partial charge in [0.25, 0.3) is 11.8 Å². The first-order chi connectivity index (χ1) is 13.1. The van der Waals surface area contributed by atoms with Gasteiger partial charge in [-0.15, -0.1) is 0 Å². The fourth-order valence-electron chi connectivity index (χ4n) is 2.72. The van der Waals surface area contributed by atoms with E-state index in [4.69, 9.17) is 4.42 Å². The zero-order chi connectivity index (χ0) is 18.8. The van der Waals surface area contributed by atoms with Crippen LogP contribution in [0.4, 0.5) is 10.1 Å². The minimum absolute atomic E-state index is 0.272. The Hall–Kier alpha value is -3.13. The van der Waals surface area contributed by atoms with Crippen LogP contribution in [0, 0.1) is 5.82 Å². The molecule has 3 aromatic rings. The van der Waals surface area contributed by atoms with Crippen LogP contribution in [0.3, 0.4) is 0 Å². The number of anilines is 1. The van der Waals surface area contributed by atoms with E-state index in [2.05, 4.69) is 15.6 Å². The second-order valence-corrected chi connectivity index (χ2v) is 6.91. The third-order valence-electron chi connectivity index (χ3n) is 4.05. The number of hydrogen-bond donors (Lipinski definition) is 2. The van der Waals surface area contributed by atoms with Crippen molar-refractivity contribution in [2.24, 2.45) is 0 Å². The zero-order valence-corrected chi connectivity index (χ0v) is 14.8. The molecule has 2 aromatic carbocycles. The monoisotopic (exact) mass is 383 g/mol. The Labute approximate surface area is 158 Å². The van der Waals surface area contributed by atoms with E-state index in [0.29, 0.717) is 34.9 Å². The summed E-state index contributed by atoms with van der Waals surface area (Å²) in [5.74, 6) is -0.446. The van der Waals surface area contributed by atoms with Gasteiger partial charge in [0.2, 0.25) is 0 Å². The predicted molar refractivity (Wildman–Crippen MR) is 97.5 cm³/mol. The largest absolute Gasteiger partial charge is 0.448 e. The number of benzene rings is 2. The smallest absolute Gasteiger partial charge is 0.256 e. The second kappa shape index (κ2) is 7.24. The summed E-state index contributed by atoms with van der Waals surface area (Å²) < 4.78 is 19.2. The highest BCUT2D eigenvalue weighted by Crippen LogP contribution is 2.40. The molecule has 1 aliphatic heterocycles. The molecular weight excluding hydrogens is 369 g/mol. The molecule has 0 unspecified atom stereocenters. The number of halogens is 1. The molecule has 0 aliphatic carbocycles. The Morgan fingerprint density at radius 3 is 3.00 bits per heavy atom. The highest BCUT2D eigenvalue weighted by molar-refractivity contribution is 7.99. The summed E-state index contributed by atoms with van der Waals surface area (Å²) in [6.45, 7) is 0.392. The summed E-state index contributed by atoms with van der Waals surface area (Å²) >= 11 is 1.16. The van der Waals surface area contributed by atoms with E-state index in [1.165, 1.54) is 18.5 Å². The van der Waals surface area contributed by atoms with Gasteiger partial charge >= 0.3 is 0 Å². The molecule has 2 amide bonds. The van der Waals surface area contributed by atoms with Gasteiger partial charge in [0.1, 0.15) is 11.6 Å². The fourth-order valence-corrected chi connectivity index (χ4v) is 3.73. The standard InChI is InChI=1S/C19H14FN3O3S/c20-14-3-1-2-13-17(14)27-16-5-4-11(8-15(16)23-19(13)25)18(24)22-7-6-12-9-21-10-26-12/h1-5,8-10H,6-7H2,(H,22,24)(H,23,25). The Balaban J connectivity index is 1.52. The van der Waals surface area contributed by atoms with Gasteiger partial charge in [0.15, 0.2) is 6.39 Å². The average molecular weight is 383 g/mol. The van der Waals surface area contributed by atoms with Crippen LogP contribution in [0.1, 0.15) is 26.5 Å². The summed E-state index contributed by atoms with van der Waals surface area (Å²) in [6.07, 6.45) is 3.46. The van der Waals surface area contributed by atoms with Crippen molar-refractivity contribution in [1.82, 2.24) is 10.3 Å². The summed E-state index contributed by atoms with van der Waals surface area (Å²) in [5.41, 5.74) is 1.15. The number of hydrogen-bond acceptors (Lipinski definition) is 5. The van der Waals surface area contributed by atoms with Gasteiger partial charge in [-0.3, -0.25) is 9.59 Å². The van der Waals surface area contributed by atoms with Crippen LogP contribution in [0.2, 0.25) is 0 Å². The summed E-state index contributed by atoms with van der Waals surface area (Å²) in [4.78, 5) is 29.5. The molecule has 2 N–H and O–H groups in total. The lowest BCUT2D eigenvalue weighted by Crippen LogP contribution is -2.25. The fraction of sp³-hybridized carbons (Fsp3) is 0.105. The number of nitrogens with zero attached hydrogens (tertiary/aromatic N) is 1. The normalized spacial score (nSPS) is 12.6. The van der Waals surface area contributed by atoms with Crippen molar-refractivity contribution < 1.29 is 18.4 Å². The molecule has 4 rings (SSSR count). The minimum atomic E-state index is -0.449. The van der Waals surface area contributed by atoms with Crippen molar-refractivity contribution >= 4 is 29.3 Å². The molecule has 27 heavy (non-hydrogen) atoms. The van der Waals surface area contributed by atoms with Crippen molar-refractivity contribution in [3.05, 3.63) is 71.7 Å². The van der Waals surface area contributed by atoms with Gasteiger partial charge in [0, 0.05) is 23.4 Å². The molecule has 0 spiro atoms. The zero-order valence-electron chi connectivity index (χ0n) is 14.0. The lowest BCUT2D eigenvalue weighted by atomic mass is 10.1. The van der Waals surface area contributed by atoms with Crippen LogP contribution in [0.15, 0.2) is 63.2 Å². The molecule has 0 saturated carbocycles. The van der Waals surface area contributed by atoms with Crippen molar-refractivity contribution in [2.45, 2.75) is 16.2 Å². The highest BCUT2D eigenvalue weighted by Gasteiger charge is 2.23. The molecular formula is C19H14FN3O3S. The number of aromatic nitrogens is 1. The second-order valence-electron chi connectivity index (χ2n) is 5.86. The number of nitrogens with one attached hydrogen (secondary N) is 2. The van der Waals surface area contributed by atoms with Crippen LogP contribution in [-0.2, 0) is 6.42 Å². The van der Waals surface area contributed by atoms with E-state index in [1.807, 2.05) is 0 Å². The minimum Gasteiger partial charge on any atom is -0.448 e. The van der Waals surface area contributed by atoms with Gasteiger partial charge in [0.05, 0.1) is 22.3 Å². The summed E-state index contributed by atoms with van der Waals surface area (Å²) in [6, 6.07) is 9.33. The van der Waals surface area contributed by atoms with Crippen LogP contribution >= 0.6 is 11.8 Å². The first kappa shape index (κ1) is 17.3. The Morgan fingerprint density at radius 2 is 2.19 bits per heavy atom. The molecule has 0 fully saturated rings. The third kappa shape index (κ3) is 3.56. The summed E-state index contributed by atoms with van der Waals surface area (Å²) in [7, 11) is 0. The van der Waals surface area contributed by atoms with Crippen LogP contribution < -0.4 is 10.6 Å². The maximum absolute atomic E-state index is 14.1. The number of amides is 2. The molecule has 0 saturated heterocycles. The highest BCUT2D eigenvalue weighted by atomic mass is 32.2. The molecule has 0 radical (unpaired) electrons. The lowest BCUT2D eigenvalue weighted by Gasteiger charge is -2.09. The van der Waals surface area contributed by atoms with Crippen LogP contribution in [0.25, 0.3) is 0 Å². The van der Waals surface area contributed by atoms with Gasteiger partial charge in [-0.05, 0) is 30.3 Å². The number of oxazole rings is 1.